The number of aryl methyl sites for hydroxylation is 1. The van der Waals surface area contributed by atoms with Crippen LogP contribution in [0.15, 0.2) is 28.8 Å². The molecule has 1 fully saturated rings. The summed E-state index contributed by atoms with van der Waals surface area (Å²) in [5, 5.41) is 6.73. The summed E-state index contributed by atoms with van der Waals surface area (Å²) in [6.07, 6.45) is 1.80. The number of benzene rings is 1. The first-order chi connectivity index (χ1) is 12.5. The molecule has 2 aromatic rings. The van der Waals surface area contributed by atoms with Crippen molar-refractivity contribution in [1.82, 2.24) is 20.4 Å². The zero-order chi connectivity index (χ0) is 18.5. The normalized spacial score (nSPS) is 18.4. The quantitative estimate of drug-likeness (QED) is 0.885. The second-order valence-electron chi connectivity index (χ2n) is 6.58. The van der Waals surface area contributed by atoms with Crippen molar-refractivity contribution in [1.29, 1.82) is 0 Å². The third-order valence-electron chi connectivity index (χ3n) is 4.27. The molecule has 2 amide bonds. The van der Waals surface area contributed by atoms with E-state index in [4.69, 9.17) is 9.26 Å². The largest absolute Gasteiger partial charge is 0.491 e. The van der Waals surface area contributed by atoms with E-state index < -0.39 is 0 Å². The Hall–Kier alpha value is -2.64. The first-order valence-corrected chi connectivity index (χ1v) is 8.75. The Morgan fingerprint density at radius 2 is 2.38 bits per heavy atom. The highest BCUT2D eigenvalue weighted by Gasteiger charge is 2.28. The fraction of sp³-hybridized carbons (Fsp3) is 0.500. The molecule has 1 aliphatic rings. The lowest BCUT2D eigenvalue weighted by Crippen LogP contribution is -2.48. The molecule has 26 heavy (non-hydrogen) atoms. The number of carbonyl (C=O) groups excluding carboxylic acids is 1. The highest BCUT2D eigenvalue weighted by Crippen LogP contribution is 2.25. The molecule has 0 saturated carbocycles. The Labute approximate surface area is 151 Å². The summed E-state index contributed by atoms with van der Waals surface area (Å²) >= 11 is 0. The molecule has 1 aromatic heterocycles. The fourth-order valence-electron chi connectivity index (χ4n) is 2.96. The van der Waals surface area contributed by atoms with Crippen molar-refractivity contribution in [2.24, 2.45) is 0 Å². The van der Waals surface area contributed by atoms with E-state index in [9.17, 15) is 9.18 Å². The van der Waals surface area contributed by atoms with Crippen LogP contribution in [-0.2, 0) is 0 Å². The first kappa shape index (κ1) is 18.2. The maximum absolute atomic E-state index is 13.1. The van der Waals surface area contributed by atoms with Crippen molar-refractivity contribution < 1.29 is 18.4 Å². The maximum Gasteiger partial charge on any atom is 0.317 e. The van der Waals surface area contributed by atoms with Gasteiger partial charge in [-0.05, 0) is 38.8 Å². The monoisotopic (exact) mass is 362 g/mol. The molecule has 0 bridgehead atoms. The van der Waals surface area contributed by atoms with Gasteiger partial charge in [-0.1, -0.05) is 11.2 Å². The Balaban J connectivity index is 1.49. The first-order valence-electron chi connectivity index (χ1n) is 8.75. The molecule has 1 aliphatic heterocycles. The number of amides is 2. The average Bonchev–Trinajstić information content (AvgIpc) is 3.07. The van der Waals surface area contributed by atoms with Crippen molar-refractivity contribution >= 4 is 6.03 Å². The van der Waals surface area contributed by atoms with E-state index >= 15 is 0 Å². The molecule has 1 saturated heterocycles. The molecule has 140 valence electrons. The Kier molecular flexibility index (Phi) is 5.70. The van der Waals surface area contributed by atoms with Crippen LogP contribution in [0.5, 0.6) is 5.75 Å². The minimum atomic E-state index is -0.352. The fourth-order valence-corrected chi connectivity index (χ4v) is 2.96. The van der Waals surface area contributed by atoms with E-state index in [1.54, 1.807) is 24.0 Å². The molecule has 0 spiro atoms. The van der Waals surface area contributed by atoms with Crippen LogP contribution in [-0.4, -0.2) is 46.8 Å². The predicted octanol–water partition coefficient (Wildman–Crippen LogP) is 2.87. The minimum Gasteiger partial charge on any atom is -0.491 e. The Bertz CT molecular complexity index is 752. The van der Waals surface area contributed by atoms with Crippen molar-refractivity contribution in [2.75, 3.05) is 19.7 Å². The second-order valence-corrected chi connectivity index (χ2v) is 6.58. The lowest BCUT2D eigenvalue weighted by molar-refractivity contribution is 0.164. The van der Waals surface area contributed by atoms with Gasteiger partial charge in [-0.2, -0.15) is 4.98 Å². The molecule has 0 radical (unpaired) electrons. The number of nitrogens with one attached hydrogen (secondary N) is 1. The number of urea groups is 1. The molecule has 3 rings (SSSR count). The van der Waals surface area contributed by atoms with Gasteiger partial charge in [-0.3, -0.25) is 0 Å². The lowest BCUT2D eigenvalue weighted by Gasteiger charge is -2.32. The topological polar surface area (TPSA) is 80.5 Å². The van der Waals surface area contributed by atoms with Gasteiger partial charge in [-0.15, -0.1) is 0 Å². The number of hydrogen-bond donors (Lipinski definition) is 1. The molecule has 2 unspecified atom stereocenters. The minimum absolute atomic E-state index is 0.0644. The maximum atomic E-state index is 13.1. The number of nitrogens with zero attached hydrogens (tertiary/aromatic N) is 3. The number of rotatable bonds is 5. The lowest BCUT2D eigenvalue weighted by atomic mass is 9.98. The van der Waals surface area contributed by atoms with Gasteiger partial charge in [-0.25, -0.2) is 9.18 Å². The standard InChI is InChI=1S/C18H23FN4O3/c1-12(11-25-16-7-3-6-15(19)9-16)20-18(24)23-8-4-5-14(10-23)17-21-13(2)22-26-17/h3,6-7,9,12,14H,4-5,8,10-11H2,1-2H3,(H,20,24). The summed E-state index contributed by atoms with van der Waals surface area (Å²) in [5.41, 5.74) is 0. The van der Waals surface area contributed by atoms with Crippen LogP contribution >= 0.6 is 0 Å². The summed E-state index contributed by atoms with van der Waals surface area (Å²) in [4.78, 5) is 18.5. The van der Waals surface area contributed by atoms with Gasteiger partial charge in [0.05, 0.1) is 12.0 Å². The number of carbonyl (C=O) groups is 1. The molecular formula is C18H23FN4O3. The summed E-state index contributed by atoms with van der Waals surface area (Å²) in [7, 11) is 0. The molecule has 1 N–H and O–H groups in total. The van der Waals surface area contributed by atoms with Crippen LogP contribution in [0.25, 0.3) is 0 Å². The average molecular weight is 362 g/mol. The van der Waals surface area contributed by atoms with E-state index in [1.807, 2.05) is 6.92 Å². The second kappa shape index (κ2) is 8.16. The number of ether oxygens (including phenoxy) is 1. The van der Waals surface area contributed by atoms with Crippen molar-refractivity contribution in [3.63, 3.8) is 0 Å². The van der Waals surface area contributed by atoms with Crippen LogP contribution in [0.2, 0.25) is 0 Å². The Morgan fingerprint density at radius 3 is 3.12 bits per heavy atom. The SMILES string of the molecule is Cc1noc(C2CCCN(C(=O)NC(C)COc3cccc(F)c3)C2)n1. The zero-order valence-corrected chi connectivity index (χ0v) is 14.9. The third kappa shape index (κ3) is 4.71. The van der Waals surface area contributed by atoms with Crippen molar-refractivity contribution in [3.05, 3.63) is 41.8 Å². The smallest absolute Gasteiger partial charge is 0.317 e. The molecular weight excluding hydrogens is 339 g/mol. The predicted molar refractivity (Wildman–Crippen MR) is 92.5 cm³/mol. The van der Waals surface area contributed by atoms with Crippen LogP contribution < -0.4 is 10.1 Å². The highest BCUT2D eigenvalue weighted by atomic mass is 19.1. The summed E-state index contributed by atoms with van der Waals surface area (Å²) in [5.74, 6) is 1.34. The summed E-state index contributed by atoms with van der Waals surface area (Å²) in [6, 6.07) is 5.57. The van der Waals surface area contributed by atoms with Gasteiger partial charge in [0.15, 0.2) is 5.82 Å². The van der Waals surface area contributed by atoms with E-state index in [1.165, 1.54) is 12.1 Å². The van der Waals surface area contributed by atoms with E-state index in [0.717, 1.165) is 12.8 Å². The van der Waals surface area contributed by atoms with Crippen LogP contribution in [0, 0.1) is 12.7 Å². The van der Waals surface area contributed by atoms with Gasteiger partial charge in [0.2, 0.25) is 5.89 Å². The van der Waals surface area contributed by atoms with Gasteiger partial charge < -0.3 is 19.5 Å². The van der Waals surface area contributed by atoms with Crippen molar-refractivity contribution in [2.45, 2.75) is 38.6 Å². The molecule has 8 heteroatoms. The third-order valence-corrected chi connectivity index (χ3v) is 4.27. The van der Waals surface area contributed by atoms with Gasteiger partial charge in [0, 0.05) is 19.2 Å². The van der Waals surface area contributed by atoms with Crippen LogP contribution in [0.4, 0.5) is 9.18 Å². The number of aromatic nitrogens is 2. The van der Waals surface area contributed by atoms with Gasteiger partial charge in [0.1, 0.15) is 18.2 Å². The van der Waals surface area contributed by atoms with E-state index in [2.05, 4.69) is 15.5 Å². The number of piperidine rings is 1. The highest BCUT2D eigenvalue weighted by molar-refractivity contribution is 5.74. The van der Waals surface area contributed by atoms with Crippen LogP contribution in [0.1, 0.15) is 37.4 Å². The van der Waals surface area contributed by atoms with Crippen LogP contribution in [0.3, 0.4) is 0 Å². The zero-order valence-electron chi connectivity index (χ0n) is 14.9. The number of hydrogen-bond acceptors (Lipinski definition) is 5. The Morgan fingerprint density at radius 1 is 1.54 bits per heavy atom. The molecule has 0 aliphatic carbocycles. The van der Waals surface area contributed by atoms with Gasteiger partial charge >= 0.3 is 6.03 Å². The summed E-state index contributed by atoms with van der Waals surface area (Å²) in [6.45, 7) is 5.12. The van der Waals surface area contributed by atoms with Gasteiger partial charge in [0.25, 0.3) is 0 Å². The molecule has 7 nitrogen and oxygen atoms in total. The van der Waals surface area contributed by atoms with E-state index in [0.29, 0.717) is 30.6 Å². The molecule has 2 heterocycles. The number of halogens is 1. The molecule has 1 aromatic carbocycles. The van der Waals surface area contributed by atoms with Crippen molar-refractivity contribution in [3.8, 4) is 5.75 Å². The number of likely N-dealkylation sites (tertiary alicyclic amines) is 1. The summed E-state index contributed by atoms with van der Waals surface area (Å²) < 4.78 is 23.9. The molecule has 2 atom stereocenters. The van der Waals surface area contributed by atoms with E-state index in [-0.39, 0.29) is 30.4 Å².